The van der Waals surface area contributed by atoms with Gasteiger partial charge in [0.15, 0.2) is 0 Å². The van der Waals surface area contributed by atoms with E-state index in [9.17, 15) is 4.79 Å². The lowest BCUT2D eigenvalue weighted by molar-refractivity contribution is -0.117. The van der Waals surface area contributed by atoms with Crippen molar-refractivity contribution < 1.29 is 4.79 Å². The van der Waals surface area contributed by atoms with Crippen molar-refractivity contribution in [3.8, 4) is 0 Å². The number of rotatable bonds is 2. The Morgan fingerprint density at radius 2 is 2.00 bits per heavy atom. The Bertz CT molecular complexity index is 656. The molecule has 0 aliphatic carbocycles. The van der Waals surface area contributed by atoms with Gasteiger partial charge in [0.25, 0.3) is 0 Å². The van der Waals surface area contributed by atoms with E-state index in [1.807, 2.05) is 42.5 Å². The molecule has 0 atom stereocenters. The van der Waals surface area contributed by atoms with E-state index in [0.29, 0.717) is 18.0 Å². The minimum absolute atomic E-state index is 0.119. The predicted octanol–water partition coefficient (Wildman–Crippen LogP) is 4.19. The maximum Gasteiger partial charge on any atom is 0.231 e. The van der Waals surface area contributed by atoms with E-state index >= 15 is 0 Å². The van der Waals surface area contributed by atoms with Gasteiger partial charge in [0, 0.05) is 15.2 Å². The number of halogens is 2. The first-order chi connectivity index (χ1) is 9.15. The average molecular weight is 337 g/mol. The standard InChI is InChI=1S/C15H11BrClNO/c16-13-4-2-1-3-11(13)9-18-14-8-12(17)6-5-10(14)7-15(18)19/h1-6,8H,7,9H2. The Labute approximate surface area is 125 Å². The fourth-order valence-corrected chi connectivity index (χ4v) is 2.88. The lowest BCUT2D eigenvalue weighted by Crippen LogP contribution is -2.26. The van der Waals surface area contributed by atoms with Crippen LogP contribution in [-0.2, 0) is 17.8 Å². The highest BCUT2D eigenvalue weighted by atomic mass is 79.9. The number of fused-ring (bicyclic) bond motifs is 1. The number of amides is 1. The molecule has 4 heteroatoms. The summed E-state index contributed by atoms with van der Waals surface area (Å²) < 4.78 is 1.01. The highest BCUT2D eigenvalue weighted by Gasteiger charge is 2.27. The SMILES string of the molecule is O=C1Cc2ccc(Cl)cc2N1Cc1ccccc1Br. The van der Waals surface area contributed by atoms with Gasteiger partial charge in [0.2, 0.25) is 5.91 Å². The maximum absolute atomic E-state index is 12.1. The van der Waals surface area contributed by atoms with Crippen LogP contribution in [0.3, 0.4) is 0 Å². The molecule has 3 rings (SSSR count). The molecule has 1 amide bonds. The topological polar surface area (TPSA) is 20.3 Å². The number of benzene rings is 2. The summed E-state index contributed by atoms with van der Waals surface area (Å²) in [6.45, 7) is 0.563. The third kappa shape index (κ3) is 2.40. The molecule has 96 valence electrons. The summed E-state index contributed by atoms with van der Waals surface area (Å²) in [5.74, 6) is 0.119. The van der Waals surface area contributed by atoms with Crippen LogP contribution in [0.5, 0.6) is 0 Å². The fraction of sp³-hybridized carbons (Fsp3) is 0.133. The molecule has 1 aliphatic rings. The Balaban J connectivity index is 1.97. The van der Waals surface area contributed by atoms with Crippen molar-refractivity contribution in [3.63, 3.8) is 0 Å². The van der Waals surface area contributed by atoms with E-state index in [1.54, 1.807) is 4.90 Å². The zero-order valence-corrected chi connectivity index (χ0v) is 12.4. The van der Waals surface area contributed by atoms with Crippen molar-refractivity contribution in [2.24, 2.45) is 0 Å². The number of carbonyl (C=O) groups excluding carboxylic acids is 1. The highest BCUT2D eigenvalue weighted by molar-refractivity contribution is 9.10. The first kappa shape index (κ1) is 12.7. The lowest BCUT2D eigenvalue weighted by atomic mass is 10.1. The summed E-state index contributed by atoms with van der Waals surface area (Å²) >= 11 is 9.54. The maximum atomic E-state index is 12.1. The van der Waals surface area contributed by atoms with E-state index < -0.39 is 0 Å². The van der Waals surface area contributed by atoms with Crippen LogP contribution in [0.1, 0.15) is 11.1 Å². The largest absolute Gasteiger partial charge is 0.307 e. The van der Waals surface area contributed by atoms with Gasteiger partial charge in [0.1, 0.15) is 0 Å². The van der Waals surface area contributed by atoms with Gasteiger partial charge < -0.3 is 4.90 Å². The van der Waals surface area contributed by atoms with Crippen LogP contribution in [0.2, 0.25) is 5.02 Å². The lowest BCUT2D eigenvalue weighted by Gasteiger charge is -2.18. The second kappa shape index (κ2) is 4.99. The molecule has 0 saturated carbocycles. The average Bonchev–Trinajstić information content (AvgIpc) is 2.69. The van der Waals surface area contributed by atoms with E-state index in [-0.39, 0.29) is 5.91 Å². The van der Waals surface area contributed by atoms with E-state index in [1.165, 1.54) is 0 Å². The van der Waals surface area contributed by atoms with Crippen LogP contribution < -0.4 is 4.90 Å². The molecule has 0 aromatic heterocycles. The van der Waals surface area contributed by atoms with Gasteiger partial charge in [-0.1, -0.05) is 51.8 Å². The van der Waals surface area contributed by atoms with Gasteiger partial charge in [-0.2, -0.15) is 0 Å². The molecule has 0 spiro atoms. The molecule has 0 bridgehead atoms. The van der Waals surface area contributed by atoms with Gasteiger partial charge in [-0.3, -0.25) is 4.79 Å². The summed E-state index contributed by atoms with van der Waals surface area (Å²) in [7, 11) is 0. The van der Waals surface area contributed by atoms with E-state index in [2.05, 4.69) is 15.9 Å². The number of hydrogen-bond acceptors (Lipinski definition) is 1. The molecule has 0 saturated heterocycles. The third-order valence-electron chi connectivity index (χ3n) is 3.27. The van der Waals surface area contributed by atoms with Gasteiger partial charge in [-0.25, -0.2) is 0 Å². The number of nitrogens with zero attached hydrogens (tertiary/aromatic N) is 1. The minimum Gasteiger partial charge on any atom is -0.307 e. The predicted molar refractivity (Wildman–Crippen MR) is 80.5 cm³/mol. The van der Waals surface area contributed by atoms with Crippen LogP contribution >= 0.6 is 27.5 Å². The Hall–Kier alpha value is -1.32. The molecule has 2 aromatic carbocycles. The molecule has 2 aromatic rings. The number of hydrogen-bond donors (Lipinski definition) is 0. The van der Waals surface area contributed by atoms with E-state index in [4.69, 9.17) is 11.6 Å². The number of carbonyl (C=O) groups is 1. The quantitative estimate of drug-likeness (QED) is 0.805. The van der Waals surface area contributed by atoms with Crippen molar-refractivity contribution in [1.82, 2.24) is 0 Å². The van der Waals surface area contributed by atoms with Gasteiger partial charge in [-0.05, 0) is 29.3 Å². The highest BCUT2D eigenvalue weighted by Crippen LogP contribution is 2.33. The zero-order valence-electron chi connectivity index (χ0n) is 10.1. The second-order valence-electron chi connectivity index (χ2n) is 4.52. The number of anilines is 1. The van der Waals surface area contributed by atoms with Crippen LogP contribution in [0.25, 0.3) is 0 Å². The molecule has 0 fully saturated rings. The molecule has 2 nitrogen and oxygen atoms in total. The summed E-state index contributed by atoms with van der Waals surface area (Å²) in [6.07, 6.45) is 0.455. The van der Waals surface area contributed by atoms with Crippen LogP contribution in [0, 0.1) is 0 Å². The van der Waals surface area contributed by atoms with Gasteiger partial charge in [0.05, 0.1) is 13.0 Å². The molecule has 0 radical (unpaired) electrons. The second-order valence-corrected chi connectivity index (χ2v) is 5.81. The minimum atomic E-state index is 0.119. The molecule has 19 heavy (non-hydrogen) atoms. The van der Waals surface area contributed by atoms with Crippen molar-refractivity contribution in [2.75, 3.05) is 4.90 Å². The summed E-state index contributed by atoms with van der Waals surface area (Å²) in [5, 5.41) is 0.658. The van der Waals surface area contributed by atoms with Gasteiger partial charge in [-0.15, -0.1) is 0 Å². The van der Waals surface area contributed by atoms with E-state index in [0.717, 1.165) is 21.3 Å². The zero-order chi connectivity index (χ0) is 13.4. The first-order valence-electron chi connectivity index (χ1n) is 5.97. The van der Waals surface area contributed by atoms with Gasteiger partial charge >= 0.3 is 0 Å². The first-order valence-corrected chi connectivity index (χ1v) is 7.14. The molecule has 1 aliphatic heterocycles. The monoisotopic (exact) mass is 335 g/mol. The fourth-order valence-electron chi connectivity index (χ4n) is 2.30. The Morgan fingerprint density at radius 1 is 1.21 bits per heavy atom. The van der Waals surface area contributed by atoms with Crippen molar-refractivity contribution in [2.45, 2.75) is 13.0 Å². The summed E-state index contributed by atoms with van der Waals surface area (Å²) in [5.41, 5.74) is 3.05. The van der Waals surface area contributed by atoms with Crippen molar-refractivity contribution >= 4 is 39.1 Å². The summed E-state index contributed by atoms with van der Waals surface area (Å²) in [6, 6.07) is 13.5. The van der Waals surface area contributed by atoms with Crippen LogP contribution in [0.4, 0.5) is 5.69 Å². The Morgan fingerprint density at radius 3 is 2.79 bits per heavy atom. The van der Waals surface area contributed by atoms with Crippen LogP contribution in [-0.4, -0.2) is 5.91 Å². The van der Waals surface area contributed by atoms with Crippen molar-refractivity contribution in [1.29, 1.82) is 0 Å². The smallest absolute Gasteiger partial charge is 0.231 e. The molecular formula is C15H11BrClNO. The normalized spacial score (nSPS) is 13.8. The third-order valence-corrected chi connectivity index (χ3v) is 4.28. The van der Waals surface area contributed by atoms with Crippen molar-refractivity contribution in [3.05, 3.63) is 63.1 Å². The Kier molecular flexibility index (Phi) is 3.33. The summed E-state index contributed by atoms with van der Waals surface area (Å²) in [4.78, 5) is 13.9. The molecular weight excluding hydrogens is 326 g/mol. The molecule has 0 N–H and O–H groups in total. The molecule has 1 heterocycles. The molecule has 0 unspecified atom stereocenters. The van der Waals surface area contributed by atoms with Crippen LogP contribution in [0.15, 0.2) is 46.9 Å².